The van der Waals surface area contributed by atoms with E-state index in [1.54, 1.807) is 17.7 Å². The molecular formula is C18H24N4OS. The van der Waals surface area contributed by atoms with Crippen molar-refractivity contribution in [2.24, 2.45) is 7.05 Å². The van der Waals surface area contributed by atoms with Gasteiger partial charge in [-0.25, -0.2) is 0 Å². The van der Waals surface area contributed by atoms with Crippen LogP contribution in [0.15, 0.2) is 12.4 Å². The Morgan fingerprint density at radius 1 is 1.25 bits per heavy atom. The molecule has 1 atom stereocenters. The Morgan fingerprint density at radius 3 is 2.96 bits per heavy atom. The van der Waals surface area contributed by atoms with E-state index >= 15 is 0 Å². The van der Waals surface area contributed by atoms with Crippen LogP contribution in [0.5, 0.6) is 0 Å². The number of nitrogens with zero attached hydrogens (tertiary/aromatic N) is 4. The van der Waals surface area contributed by atoms with Crippen LogP contribution in [0, 0.1) is 0 Å². The van der Waals surface area contributed by atoms with E-state index in [1.165, 1.54) is 29.7 Å². The molecule has 6 heteroatoms. The van der Waals surface area contributed by atoms with Gasteiger partial charge in [0.1, 0.15) is 12.2 Å². The van der Waals surface area contributed by atoms with Crippen LogP contribution in [0.1, 0.15) is 64.0 Å². The lowest BCUT2D eigenvalue weighted by molar-refractivity contribution is 0.0708. The summed E-state index contributed by atoms with van der Waals surface area (Å²) >= 11 is 1.73. The van der Waals surface area contributed by atoms with Crippen LogP contribution in [-0.2, 0) is 19.9 Å². The van der Waals surface area contributed by atoms with Gasteiger partial charge in [-0.3, -0.25) is 4.79 Å². The van der Waals surface area contributed by atoms with Gasteiger partial charge in [0, 0.05) is 30.9 Å². The smallest absolute Gasteiger partial charge is 0.263 e. The number of rotatable bonds is 2. The number of carbonyl (C=O) groups excluding carboxylic acids is 1. The first kappa shape index (κ1) is 15.8. The summed E-state index contributed by atoms with van der Waals surface area (Å²) in [5.74, 6) is 1.50. The van der Waals surface area contributed by atoms with E-state index in [2.05, 4.69) is 16.3 Å². The lowest BCUT2D eigenvalue weighted by atomic mass is 9.97. The highest BCUT2D eigenvalue weighted by atomic mass is 32.1. The Balaban J connectivity index is 1.51. The van der Waals surface area contributed by atoms with Crippen LogP contribution < -0.4 is 0 Å². The maximum absolute atomic E-state index is 13.0. The first-order valence-electron chi connectivity index (χ1n) is 8.97. The zero-order valence-electron chi connectivity index (χ0n) is 14.2. The molecule has 24 heavy (non-hydrogen) atoms. The van der Waals surface area contributed by atoms with E-state index in [9.17, 15) is 4.79 Å². The van der Waals surface area contributed by atoms with Crippen LogP contribution in [0.4, 0.5) is 0 Å². The zero-order chi connectivity index (χ0) is 16.5. The predicted molar refractivity (Wildman–Crippen MR) is 94.5 cm³/mol. The summed E-state index contributed by atoms with van der Waals surface area (Å²) < 4.78 is 1.98. The molecule has 1 unspecified atom stereocenters. The summed E-state index contributed by atoms with van der Waals surface area (Å²) in [6.07, 6.45) is 9.98. The molecule has 2 aromatic heterocycles. The summed E-state index contributed by atoms with van der Waals surface area (Å²) in [6, 6.07) is 2.17. The fourth-order valence-corrected chi connectivity index (χ4v) is 5.18. The van der Waals surface area contributed by atoms with E-state index < -0.39 is 0 Å². The molecule has 1 saturated heterocycles. The maximum atomic E-state index is 13.0. The van der Waals surface area contributed by atoms with E-state index in [1.807, 2.05) is 16.5 Å². The molecule has 5 nitrogen and oxygen atoms in total. The fourth-order valence-electron chi connectivity index (χ4n) is 3.96. The number of hydrogen-bond donors (Lipinski definition) is 0. The molecule has 3 heterocycles. The van der Waals surface area contributed by atoms with E-state index in [-0.39, 0.29) is 5.91 Å². The number of thiophene rings is 1. The van der Waals surface area contributed by atoms with Crippen LogP contribution in [0.2, 0.25) is 0 Å². The lowest BCUT2D eigenvalue weighted by Gasteiger charge is -2.31. The molecule has 0 N–H and O–H groups in total. The van der Waals surface area contributed by atoms with Gasteiger partial charge in [-0.15, -0.1) is 21.5 Å². The van der Waals surface area contributed by atoms with Crippen molar-refractivity contribution in [3.8, 4) is 0 Å². The van der Waals surface area contributed by atoms with Crippen molar-refractivity contribution in [1.29, 1.82) is 0 Å². The van der Waals surface area contributed by atoms with Gasteiger partial charge in [0.25, 0.3) is 5.91 Å². The topological polar surface area (TPSA) is 51.0 Å². The number of hydrogen-bond acceptors (Lipinski definition) is 4. The average molecular weight is 344 g/mol. The van der Waals surface area contributed by atoms with Crippen molar-refractivity contribution in [3.05, 3.63) is 33.5 Å². The van der Waals surface area contributed by atoms with Crippen LogP contribution in [0.25, 0.3) is 0 Å². The molecule has 2 aromatic rings. The number of fused-ring (bicyclic) bond motifs is 1. The van der Waals surface area contributed by atoms with Crippen molar-refractivity contribution in [2.45, 2.75) is 50.9 Å². The highest BCUT2D eigenvalue weighted by Gasteiger charge is 2.29. The SMILES string of the molecule is Cn1cnnc1C1CCCN(C(=O)c2cc3c(s2)CCCCC3)C1. The number of likely N-dealkylation sites (tertiary alicyclic amines) is 1. The molecule has 4 rings (SSSR count). The first-order valence-corrected chi connectivity index (χ1v) is 9.79. The number of aryl methyl sites for hydroxylation is 3. The molecule has 1 aliphatic heterocycles. The molecule has 1 aliphatic carbocycles. The summed E-state index contributed by atoms with van der Waals surface area (Å²) in [5, 5.41) is 8.24. The highest BCUT2D eigenvalue weighted by molar-refractivity contribution is 7.14. The minimum absolute atomic E-state index is 0.208. The molecule has 128 valence electrons. The van der Waals surface area contributed by atoms with Gasteiger partial charge < -0.3 is 9.47 Å². The molecule has 1 fully saturated rings. The molecule has 0 spiro atoms. The quantitative estimate of drug-likeness (QED) is 0.786. The largest absolute Gasteiger partial charge is 0.337 e. The van der Waals surface area contributed by atoms with Crippen LogP contribution >= 0.6 is 11.3 Å². The van der Waals surface area contributed by atoms with E-state index in [0.717, 1.165) is 49.5 Å². The van der Waals surface area contributed by atoms with Crippen LogP contribution in [-0.4, -0.2) is 38.7 Å². The van der Waals surface area contributed by atoms with Gasteiger partial charge in [0.15, 0.2) is 0 Å². The summed E-state index contributed by atoms with van der Waals surface area (Å²) in [7, 11) is 1.98. The highest BCUT2D eigenvalue weighted by Crippen LogP contribution is 2.31. The second kappa shape index (κ2) is 6.67. The predicted octanol–water partition coefficient (Wildman–Crippen LogP) is 3.17. The summed E-state index contributed by atoms with van der Waals surface area (Å²) in [6.45, 7) is 1.61. The Bertz CT molecular complexity index is 712. The number of amides is 1. The molecule has 0 aromatic carbocycles. The zero-order valence-corrected chi connectivity index (χ0v) is 15.0. The lowest BCUT2D eigenvalue weighted by Crippen LogP contribution is -2.39. The third-order valence-corrected chi connectivity index (χ3v) is 6.50. The Hall–Kier alpha value is -1.69. The van der Waals surface area contributed by atoms with Crippen molar-refractivity contribution >= 4 is 17.2 Å². The fraction of sp³-hybridized carbons (Fsp3) is 0.611. The van der Waals surface area contributed by atoms with Gasteiger partial charge in [-0.2, -0.15) is 0 Å². The maximum Gasteiger partial charge on any atom is 0.263 e. The monoisotopic (exact) mass is 344 g/mol. The van der Waals surface area contributed by atoms with Gasteiger partial charge in [-0.05, 0) is 50.2 Å². The first-order chi connectivity index (χ1) is 11.7. The molecular weight excluding hydrogens is 320 g/mol. The van der Waals surface area contributed by atoms with Gasteiger partial charge in [0.05, 0.1) is 4.88 Å². The van der Waals surface area contributed by atoms with E-state index in [0.29, 0.717) is 5.92 Å². The van der Waals surface area contributed by atoms with Gasteiger partial charge in [0.2, 0.25) is 0 Å². The summed E-state index contributed by atoms with van der Waals surface area (Å²) in [4.78, 5) is 17.4. The van der Waals surface area contributed by atoms with Gasteiger partial charge in [-0.1, -0.05) is 6.42 Å². The Labute approximate surface area is 146 Å². The van der Waals surface area contributed by atoms with E-state index in [4.69, 9.17) is 0 Å². The number of piperidine rings is 1. The minimum atomic E-state index is 0.208. The second-order valence-corrected chi connectivity index (χ2v) is 8.15. The normalized spacial score (nSPS) is 21.4. The van der Waals surface area contributed by atoms with Crippen molar-refractivity contribution in [3.63, 3.8) is 0 Å². The summed E-state index contributed by atoms with van der Waals surface area (Å²) in [5.41, 5.74) is 1.42. The Morgan fingerprint density at radius 2 is 2.12 bits per heavy atom. The number of carbonyl (C=O) groups is 1. The Kier molecular flexibility index (Phi) is 4.39. The molecule has 2 aliphatic rings. The molecule has 0 radical (unpaired) electrons. The van der Waals surface area contributed by atoms with Crippen molar-refractivity contribution < 1.29 is 4.79 Å². The standard InChI is InChI=1S/C18H24N4OS/c1-21-12-19-20-17(21)14-7-5-9-22(11-14)18(23)16-10-13-6-3-2-4-8-15(13)24-16/h10,12,14H,2-9,11H2,1H3. The third kappa shape index (κ3) is 2.99. The van der Waals surface area contributed by atoms with Crippen molar-refractivity contribution in [1.82, 2.24) is 19.7 Å². The second-order valence-electron chi connectivity index (χ2n) is 7.01. The molecule has 0 saturated carbocycles. The third-order valence-electron chi connectivity index (χ3n) is 5.28. The average Bonchev–Trinajstić information content (AvgIpc) is 3.15. The molecule has 0 bridgehead atoms. The van der Waals surface area contributed by atoms with Gasteiger partial charge >= 0.3 is 0 Å². The molecule has 1 amide bonds. The number of aromatic nitrogens is 3. The minimum Gasteiger partial charge on any atom is -0.337 e. The van der Waals surface area contributed by atoms with Crippen LogP contribution in [0.3, 0.4) is 0 Å². The van der Waals surface area contributed by atoms with Crippen molar-refractivity contribution in [2.75, 3.05) is 13.1 Å².